The van der Waals surface area contributed by atoms with E-state index < -0.39 is 0 Å². The van der Waals surface area contributed by atoms with Crippen molar-refractivity contribution >= 4 is 5.84 Å². The Morgan fingerprint density at radius 3 is 2.04 bits per heavy atom. The first-order valence-corrected chi connectivity index (χ1v) is 10.5. The van der Waals surface area contributed by atoms with Crippen molar-refractivity contribution in [3.63, 3.8) is 0 Å². The van der Waals surface area contributed by atoms with Crippen LogP contribution in [0.1, 0.15) is 61.8 Å². The lowest BCUT2D eigenvalue weighted by molar-refractivity contribution is 0.125. The number of nitrogens with zero attached hydrogens (tertiary/aromatic N) is 3. The molecule has 0 aromatic carbocycles. The van der Waals surface area contributed by atoms with Crippen molar-refractivity contribution in [2.75, 3.05) is 32.8 Å². The maximum absolute atomic E-state index is 9.48. The van der Waals surface area contributed by atoms with Crippen LogP contribution in [0.25, 0.3) is 0 Å². The Balaban J connectivity index is 2.52. The van der Waals surface area contributed by atoms with Gasteiger partial charge in [0.2, 0.25) is 0 Å². The van der Waals surface area contributed by atoms with E-state index in [1.807, 2.05) is 0 Å². The van der Waals surface area contributed by atoms with Crippen molar-refractivity contribution in [2.24, 2.45) is 21.7 Å². The lowest BCUT2D eigenvalue weighted by atomic mass is 9.76. The number of aliphatic hydroxyl groups excluding tert-OH is 2. The van der Waals surface area contributed by atoms with Gasteiger partial charge in [0.25, 0.3) is 0 Å². The molecule has 0 radical (unpaired) electrons. The molecule has 0 aliphatic carbocycles. The van der Waals surface area contributed by atoms with E-state index in [-0.39, 0.29) is 30.1 Å². The first-order valence-electron chi connectivity index (χ1n) is 10.5. The molecule has 0 aromatic rings. The largest absolute Gasteiger partial charge is 0.395 e. The molecule has 2 unspecified atom stereocenters. The maximum atomic E-state index is 9.48. The van der Waals surface area contributed by atoms with Crippen molar-refractivity contribution in [1.29, 1.82) is 0 Å². The molecule has 2 N–H and O–H groups in total. The summed E-state index contributed by atoms with van der Waals surface area (Å²) in [6, 6.07) is 0.500. The van der Waals surface area contributed by atoms with E-state index >= 15 is 0 Å². The van der Waals surface area contributed by atoms with Crippen molar-refractivity contribution in [3.8, 4) is 0 Å². The summed E-state index contributed by atoms with van der Waals surface area (Å²) < 4.78 is 0. The summed E-state index contributed by atoms with van der Waals surface area (Å²) in [5.41, 5.74) is 2.94. The Bertz CT molecular complexity index is 575. The lowest BCUT2D eigenvalue weighted by Crippen LogP contribution is -2.47. The summed E-state index contributed by atoms with van der Waals surface area (Å²) >= 11 is 0. The predicted octanol–water partition coefficient (Wildman–Crippen LogP) is 3.13. The van der Waals surface area contributed by atoms with Gasteiger partial charge in [-0.1, -0.05) is 55.4 Å². The molecule has 27 heavy (non-hydrogen) atoms. The molecular weight excluding hydrogens is 338 g/mol. The molecule has 2 aliphatic rings. The van der Waals surface area contributed by atoms with E-state index in [0.717, 1.165) is 13.0 Å². The molecule has 2 atom stereocenters. The smallest absolute Gasteiger partial charge is 0.109 e. The van der Waals surface area contributed by atoms with Gasteiger partial charge in [-0.3, -0.25) is 9.89 Å². The third-order valence-corrected chi connectivity index (χ3v) is 5.69. The number of aliphatic imine (C=N–C) groups is 1. The van der Waals surface area contributed by atoms with Gasteiger partial charge < -0.3 is 15.1 Å². The number of fused-ring (bicyclic) bond motifs is 1. The number of rotatable bonds is 6. The maximum Gasteiger partial charge on any atom is 0.109 e. The monoisotopic (exact) mass is 379 g/mol. The van der Waals surface area contributed by atoms with Gasteiger partial charge in [0.1, 0.15) is 5.84 Å². The van der Waals surface area contributed by atoms with Crippen LogP contribution in [0.4, 0.5) is 0 Å². The molecule has 0 aromatic heterocycles. The predicted molar refractivity (Wildman–Crippen MR) is 113 cm³/mol. The van der Waals surface area contributed by atoms with Gasteiger partial charge in [-0.15, -0.1) is 0 Å². The van der Waals surface area contributed by atoms with Crippen molar-refractivity contribution in [1.82, 2.24) is 9.80 Å². The molecule has 0 spiro atoms. The highest BCUT2D eigenvalue weighted by molar-refractivity contribution is 5.90. The molecular formula is C22H41N3O2. The zero-order chi connectivity index (χ0) is 20.6. The minimum absolute atomic E-state index is 0.0229. The van der Waals surface area contributed by atoms with Crippen LogP contribution in [0.2, 0.25) is 0 Å². The van der Waals surface area contributed by atoms with Crippen LogP contribution in [0.15, 0.2) is 16.3 Å². The summed E-state index contributed by atoms with van der Waals surface area (Å²) in [6.45, 7) is 20.5. The van der Waals surface area contributed by atoms with Gasteiger partial charge in [-0.2, -0.15) is 0 Å². The zero-order valence-electron chi connectivity index (χ0n) is 18.7. The third-order valence-electron chi connectivity index (χ3n) is 5.69. The summed E-state index contributed by atoms with van der Waals surface area (Å²) in [5.74, 6) is 1.62. The Morgan fingerprint density at radius 2 is 1.63 bits per heavy atom. The molecule has 0 bridgehead atoms. The SMILES string of the molecule is CC(C)C1=C2CC(N(CCO)CCO)CN2C(C(C)(C)C)=NC1C(C)(C)C. The molecule has 0 amide bonds. The Hall–Kier alpha value is -0.910. The van der Waals surface area contributed by atoms with E-state index in [4.69, 9.17) is 4.99 Å². The highest BCUT2D eigenvalue weighted by atomic mass is 16.3. The van der Waals surface area contributed by atoms with E-state index in [1.54, 1.807) is 0 Å². The van der Waals surface area contributed by atoms with Crippen LogP contribution >= 0.6 is 0 Å². The van der Waals surface area contributed by atoms with Crippen molar-refractivity contribution in [2.45, 2.75) is 73.9 Å². The molecule has 156 valence electrons. The fraction of sp³-hybridized carbons (Fsp3) is 0.864. The summed E-state index contributed by atoms with van der Waals surface area (Å²) in [5, 5.41) is 19.0. The molecule has 1 saturated heterocycles. The Kier molecular flexibility index (Phi) is 6.81. The van der Waals surface area contributed by atoms with Gasteiger partial charge in [0.15, 0.2) is 0 Å². The second-order valence-electron chi connectivity index (χ2n) is 10.5. The molecule has 0 saturated carbocycles. The van der Waals surface area contributed by atoms with Crippen molar-refractivity contribution < 1.29 is 10.2 Å². The van der Waals surface area contributed by atoms with Gasteiger partial charge in [0, 0.05) is 43.2 Å². The lowest BCUT2D eigenvalue weighted by Gasteiger charge is -2.43. The van der Waals surface area contributed by atoms with Gasteiger partial charge >= 0.3 is 0 Å². The Labute approximate surface area is 166 Å². The van der Waals surface area contributed by atoms with E-state index in [0.29, 0.717) is 25.0 Å². The molecule has 5 nitrogen and oxygen atoms in total. The average molecular weight is 380 g/mol. The van der Waals surface area contributed by atoms with Crippen LogP contribution in [-0.2, 0) is 0 Å². The quantitative estimate of drug-likeness (QED) is 0.744. The second-order valence-corrected chi connectivity index (χ2v) is 10.5. The van der Waals surface area contributed by atoms with Crippen LogP contribution in [0, 0.1) is 16.7 Å². The van der Waals surface area contributed by atoms with E-state index in [2.05, 4.69) is 65.2 Å². The molecule has 5 heteroatoms. The van der Waals surface area contributed by atoms with E-state index in [1.165, 1.54) is 17.1 Å². The highest BCUT2D eigenvalue weighted by Crippen LogP contribution is 2.44. The number of amidine groups is 1. The molecule has 1 fully saturated rings. The highest BCUT2D eigenvalue weighted by Gasteiger charge is 2.45. The molecule has 2 aliphatic heterocycles. The zero-order valence-corrected chi connectivity index (χ0v) is 18.7. The van der Waals surface area contributed by atoms with E-state index in [9.17, 15) is 10.2 Å². The molecule has 2 heterocycles. The van der Waals surface area contributed by atoms with Crippen LogP contribution in [0.3, 0.4) is 0 Å². The van der Waals surface area contributed by atoms with Gasteiger partial charge in [-0.25, -0.2) is 0 Å². The van der Waals surface area contributed by atoms with Gasteiger partial charge in [-0.05, 0) is 16.9 Å². The molecule has 2 rings (SSSR count). The van der Waals surface area contributed by atoms with Crippen LogP contribution in [0.5, 0.6) is 0 Å². The number of hydrogen-bond acceptors (Lipinski definition) is 5. The minimum atomic E-state index is -0.0229. The van der Waals surface area contributed by atoms with Gasteiger partial charge in [0.05, 0.1) is 19.3 Å². The second kappa shape index (κ2) is 8.22. The topological polar surface area (TPSA) is 59.3 Å². The number of hydrogen-bond donors (Lipinski definition) is 2. The van der Waals surface area contributed by atoms with Crippen LogP contribution in [-0.4, -0.2) is 70.8 Å². The fourth-order valence-corrected chi connectivity index (χ4v) is 4.51. The average Bonchev–Trinajstić information content (AvgIpc) is 2.95. The van der Waals surface area contributed by atoms with Crippen molar-refractivity contribution in [3.05, 3.63) is 11.3 Å². The summed E-state index contributed by atoms with van der Waals surface area (Å²) in [6.07, 6.45) is 0.967. The normalized spacial score (nSPS) is 24.1. The summed E-state index contributed by atoms with van der Waals surface area (Å²) in [7, 11) is 0. The first-order chi connectivity index (χ1) is 12.4. The fourth-order valence-electron chi connectivity index (χ4n) is 4.51. The summed E-state index contributed by atoms with van der Waals surface area (Å²) in [4.78, 5) is 10.0. The van der Waals surface area contributed by atoms with Crippen LogP contribution < -0.4 is 0 Å². The minimum Gasteiger partial charge on any atom is -0.395 e. The number of aliphatic hydroxyl groups is 2. The first kappa shape index (κ1) is 22.4. The standard InChI is InChI=1S/C22H41N3O2/c1-15(2)18-17-13-16(24(9-11-26)10-12-27)14-25(17)20(22(6,7)8)23-19(18)21(3,4)5/h15-16,19,26-27H,9-14H2,1-8H3. The Morgan fingerprint density at radius 1 is 1.07 bits per heavy atom. The third kappa shape index (κ3) is 4.75.